The molecular formula is C17H18BrN3O3S2. The largest absolute Gasteiger partial charge is 0.305 e. The van der Waals surface area contributed by atoms with Crippen LogP contribution >= 0.6 is 27.3 Å². The second-order valence-electron chi connectivity index (χ2n) is 6.20. The van der Waals surface area contributed by atoms with E-state index >= 15 is 0 Å². The lowest BCUT2D eigenvalue weighted by Crippen LogP contribution is -2.41. The number of halogens is 1. The van der Waals surface area contributed by atoms with E-state index in [0.717, 1.165) is 14.7 Å². The van der Waals surface area contributed by atoms with Crippen LogP contribution in [0.3, 0.4) is 0 Å². The summed E-state index contributed by atoms with van der Waals surface area (Å²) < 4.78 is 28.6. The SMILES string of the molecule is C#CCn1c(=NC(=O)C2CCCN(S(C)(=O)=O)C2)sc2cc(Br)ccc21. The Kier molecular flexibility index (Phi) is 5.67. The van der Waals surface area contributed by atoms with Crippen LogP contribution in [-0.4, -0.2) is 42.5 Å². The minimum absolute atomic E-state index is 0.187. The van der Waals surface area contributed by atoms with Crippen molar-refractivity contribution < 1.29 is 13.2 Å². The first kappa shape index (κ1) is 19.3. The molecule has 1 fully saturated rings. The highest BCUT2D eigenvalue weighted by molar-refractivity contribution is 9.10. The average Bonchev–Trinajstić information content (AvgIpc) is 2.91. The molecule has 1 saturated heterocycles. The van der Waals surface area contributed by atoms with Gasteiger partial charge in [0.15, 0.2) is 4.80 Å². The van der Waals surface area contributed by atoms with E-state index in [2.05, 4.69) is 26.8 Å². The molecule has 1 atom stereocenters. The van der Waals surface area contributed by atoms with Crippen LogP contribution in [0.15, 0.2) is 27.7 Å². The van der Waals surface area contributed by atoms with Crippen molar-refractivity contribution in [3.8, 4) is 12.3 Å². The molecule has 0 bridgehead atoms. The Morgan fingerprint density at radius 1 is 1.50 bits per heavy atom. The molecule has 0 N–H and O–H groups in total. The van der Waals surface area contributed by atoms with Gasteiger partial charge in [0.2, 0.25) is 10.0 Å². The summed E-state index contributed by atoms with van der Waals surface area (Å²) in [4.78, 5) is 17.5. The molecule has 0 spiro atoms. The van der Waals surface area contributed by atoms with Gasteiger partial charge >= 0.3 is 0 Å². The zero-order valence-corrected chi connectivity index (χ0v) is 17.4. The predicted octanol–water partition coefficient (Wildman–Crippen LogP) is 2.20. The molecule has 0 aliphatic carbocycles. The first-order valence-electron chi connectivity index (χ1n) is 8.05. The molecule has 9 heteroatoms. The Labute approximate surface area is 164 Å². The molecule has 2 heterocycles. The Hall–Kier alpha value is -1.47. The lowest BCUT2D eigenvalue weighted by molar-refractivity contribution is -0.122. The maximum Gasteiger partial charge on any atom is 0.252 e. The molecular weight excluding hydrogens is 438 g/mol. The Balaban J connectivity index is 1.97. The molecule has 1 aliphatic heterocycles. The number of hydrogen-bond donors (Lipinski definition) is 0. The molecule has 1 aliphatic rings. The summed E-state index contributed by atoms with van der Waals surface area (Å²) in [7, 11) is -3.30. The van der Waals surface area contributed by atoms with Gasteiger partial charge in [-0.1, -0.05) is 33.2 Å². The van der Waals surface area contributed by atoms with E-state index in [9.17, 15) is 13.2 Å². The Morgan fingerprint density at radius 3 is 2.96 bits per heavy atom. The fourth-order valence-corrected chi connectivity index (χ4v) is 5.51. The number of thiazole rings is 1. The van der Waals surface area contributed by atoms with Gasteiger partial charge in [0.05, 0.1) is 28.9 Å². The highest BCUT2D eigenvalue weighted by Crippen LogP contribution is 2.23. The standard InChI is InChI=1S/C17H18BrN3O3S2/c1-3-8-21-14-7-6-13(18)10-15(14)25-17(21)19-16(22)12-5-4-9-20(11-12)26(2,23)24/h1,6-7,10,12H,4-5,8-9,11H2,2H3. The van der Waals surface area contributed by atoms with Gasteiger partial charge in [-0.2, -0.15) is 4.99 Å². The Bertz CT molecular complexity index is 1060. The average molecular weight is 456 g/mol. The minimum atomic E-state index is -3.30. The van der Waals surface area contributed by atoms with Crippen molar-refractivity contribution in [3.05, 3.63) is 27.5 Å². The van der Waals surface area contributed by atoms with Crippen molar-refractivity contribution >= 4 is 53.4 Å². The van der Waals surface area contributed by atoms with E-state index < -0.39 is 15.9 Å². The van der Waals surface area contributed by atoms with Gasteiger partial charge in [0.1, 0.15) is 0 Å². The molecule has 1 aromatic heterocycles. The summed E-state index contributed by atoms with van der Waals surface area (Å²) in [6.07, 6.45) is 7.94. The number of rotatable bonds is 3. The van der Waals surface area contributed by atoms with Gasteiger partial charge in [0.25, 0.3) is 5.91 Å². The van der Waals surface area contributed by atoms with Crippen molar-refractivity contribution in [2.24, 2.45) is 10.9 Å². The fraction of sp³-hybridized carbons (Fsp3) is 0.412. The van der Waals surface area contributed by atoms with Crippen molar-refractivity contribution in [3.63, 3.8) is 0 Å². The topological polar surface area (TPSA) is 71.7 Å². The third-order valence-corrected chi connectivity index (χ3v) is 7.11. The first-order chi connectivity index (χ1) is 12.3. The Morgan fingerprint density at radius 2 is 2.27 bits per heavy atom. The normalized spacial score (nSPS) is 19.6. The van der Waals surface area contributed by atoms with Gasteiger partial charge < -0.3 is 4.57 Å². The van der Waals surface area contributed by atoms with Crippen molar-refractivity contribution in [1.29, 1.82) is 0 Å². The number of terminal acetylenes is 1. The van der Waals surface area contributed by atoms with E-state index in [4.69, 9.17) is 6.42 Å². The van der Waals surface area contributed by atoms with Crippen LogP contribution in [0.1, 0.15) is 12.8 Å². The highest BCUT2D eigenvalue weighted by atomic mass is 79.9. The first-order valence-corrected chi connectivity index (χ1v) is 11.5. The van der Waals surface area contributed by atoms with Crippen molar-refractivity contribution in [2.75, 3.05) is 19.3 Å². The summed E-state index contributed by atoms with van der Waals surface area (Å²) in [6.45, 7) is 0.956. The summed E-state index contributed by atoms with van der Waals surface area (Å²) >= 11 is 4.84. The molecule has 138 valence electrons. The number of amides is 1. The third-order valence-electron chi connectivity index (χ3n) is 4.30. The number of nitrogens with zero attached hydrogens (tertiary/aromatic N) is 3. The number of carbonyl (C=O) groups excluding carboxylic acids is 1. The summed E-state index contributed by atoms with van der Waals surface area (Å²) in [5.41, 5.74) is 0.920. The molecule has 1 unspecified atom stereocenters. The van der Waals surface area contributed by atoms with Crippen molar-refractivity contribution in [1.82, 2.24) is 8.87 Å². The van der Waals surface area contributed by atoms with Crippen LogP contribution in [0.25, 0.3) is 10.2 Å². The lowest BCUT2D eigenvalue weighted by Gasteiger charge is -2.28. The number of piperidine rings is 1. The number of aromatic nitrogens is 1. The lowest BCUT2D eigenvalue weighted by atomic mass is 9.99. The van der Waals surface area contributed by atoms with E-state index in [1.54, 1.807) is 0 Å². The molecule has 0 saturated carbocycles. The number of benzene rings is 1. The molecule has 0 radical (unpaired) electrons. The quantitative estimate of drug-likeness (QED) is 0.665. The molecule has 26 heavy (non-hydrogen) atoms. The van der Waals surface area contributed by atoms with Gasteiger partial charge in [-0.25, -0.2) is 12.7 Å². The zero-order chi connectivity index (χ0) is 18.9. The number of hydrogen-bond acceptors (Lipinski definition) is 4. The van der Waals surface area contributed by atoms with Crippen LogP contribution in [0.4, 0.5) is 0 Å². The molecule has 2 aromatic rings. The van der Waals surface area contributed by atoms with Crippen LogP contribution in [0, 0.1) is 18.3 Å². The molecule has 3 rings (SSSR count). The van der Waals surface area contributed by atoms with Crippen molar-refractivity contribution in [2.45, 2.75) is 19.4 Å². The maximum absolute atomic E-state index is 12.7. The number of fused-ring (bicyclic) bond motifs is 1. The van der Waals surface area contributed by atoms with E-state index in [1.807, 2.05) is 22.8 Å². The van der Waals surface area contributed by atoms with E-state index in [1.165, 1.54) is 21.9 Å². The van der Waals surface area contributed by atoms with Crippen LogP contribution < -0.4 is 4.80 Å². The van der Waals surface area contributed by atoms with E-state index in [-0.39, 0.29) is 12.5 Å². The van der Waals surface area contributed by atoms with Crippen LogP contribution in [-0.2, 0) is 21.4 Å². The number of carbonyl (C=O) groups is 1. The minimum Gasteiger partial charge on any atom is -0.305 e. The maximum atomic E-state index is 12.7. The third kappa shape index (κ3) is 4.09. The van der Waals surface area contributed by atoms with Gasteiger partial charge in [-0.05, 0) is 31.0 Å². The summed E-state index contributed by atoms with van der Waals surface area (Å²) in [6, 6.07) is 5.81. The smallest absolute Gasteiger partial charge is 0.252 e. The van der Waals surface area contributed by atoms with E-state index in [0.29, 0.717) is 30.7 Å². The monoisotopic (exact) mass is 455 g/mol. The number of sulfonamides is 1. The van der Waals surface area contributed by atoms with Gasteiger partial charge in [-0.15, -0.1) is 6.42 Å². The second kappa shape index (κ2) is 7.64. The molecule has 1 amide bonds. The molecule has 6 nitrogen and oxygen atoms in total. The van der Waals surface area contributed by atoms with Crippen LogP contribution in [0.5, 0.6) is 0 Å². The predicted molar refractivity (Wildman–Crippen MR) is 106 cm³/mol. The van der Waals surface area contributed by atoms with Gasteiger partial charge in [0, 0.05) is 17.6 Å². The summed E-state index contributed by atoms with van der Waals surface area (Å²) in [5, 5.41) is 0. The van der Waals surface area contributed by atoms with Crippen LogP contribution in [0.2, 0.25) is 0 Å². The second-order valence-corrected chi connectivity index (χ2v) is 10.1. The zero-order valence-electron chi connectivity index (χ0n) is 14.2. The molecule has 1 aromatic carbocycles. The highest BCUT2D eigenvalue weighted by Gasteiger charge is 2.30. The summed E-state index contributed by atoms with van der Waals surface area (Å²) in [5.74, 6) is 1.88. The van der Waals surface area contributed by atoms with Gasteiger partial charge in [-0.3, -0.25) is 4.79 Å². The fourth-order valence-electron chi connectivity index (χ4n) is 3.01.